The van der Waals surface area contributed by atoms with Crippen molar-refractivity contribution < 1.29 is 28.7 Å². The zero-order chi connectivity index (χ0) is 28.5. The van der Waals surface area contributed by atoms with Crippen LogP contribution in [-0.4, -0.2) is 89.5 Å². The number of rotatable bonds is 10. The van der Waals surface area contributed by atoms with Gasteiger partial charge >= 0.3 is 0 Å². The van der Waals surface area contributed by atoms with Crippen LogP contribution >= 0.6 is 0 Å². The van der Waals surface area contributed by atoms with Crippen LogP contribution in [0.2, 0.25) is 0 Å². The second kappa shape index (κ2) is 11.4. The maximum Gasteiger partial charge on any atom is 0.258 e. The topological polar surface area (TPSA) is 117 Å². The van der Waals surface area contributed by atoms with Crippen LogP contribution in [0.3, 0.4) is 0 Å². The van der Waals surface area contributed by atoms with E-state index >= 15 is 0 Å². The molecule has 2 saturated carbocycles. The molecule has 2 unspecified atom stereocenters. The molecule has 4 fully saturated rings. The number of ether oxygens (including phenoxy) is 2. The number of nitrogens with one attached hydrogen (secondary N) is 2. The fourth-order valence-electron chi connectivity index (χ4n) is 5.71. The van der Waals surface area contributed by atoms with Crippen molar-refractivity contribution in [2.75, 3.05) is 32.8 Å². The van der Waals surface area contributed by atoms with Gasteiger partial charge in [0.15, 0.2) is 6.61 Å². The predicted molar refractivity (Wildman–Crippen MR) is 148 cm³/mol. The summed E-state index contributed by atoms with van der Waals surface area (Å²) in [6, 6.07) is 5.42. The summed E-state index contributed by atoms with van der Waals surface area (Å²) in [7, 11) is 0. The van der Waals surface area contributed by atoms with E-state index in [-0.39, 0.29) is 52.7 Å². The van der Waals surface area contributed by atoms with Gasteiger partial charge in [-0.1, -0.05) is 26.0 Å². The Kier molecular flexibility index (Phi) is 8.08. The summed E-state index contributed by atoms with van der Waals surface area (Å²) in [5.41, 5.74) is -0.0781. The van der Waals surface area contributed by atoms with E-state index in [1.165, 1.54) is 0 Å². The first kappa shape index (κ1) is 28.4. The maximum absolute atomic E-state index is 13.9. The van der Waals surface area contributed by atoms with E-state index in [0.29, 0.717) is 39.1 Å². The number of carbonyl (C=O) groups excluding carboxylic acids is 4. The normalized spacial score (nSPS) is 23.1. The van der Waals surface area contributed by atoms with Gasteiger partial charge in [0.2, 0.25) is 11.8 Å². The van der Waals surface area contributed by atoms with E-state index < -0.39 is 18.0 Å². The molecule has 1 spiro atoms. The minimum atomic E-state index is -0.786. The average molecular weight is 555 g/mol. The maximum atomic E-state index is 13.9. The molecule has 2 N–H and O–H groups in total. The van der Waals surface area contributed by atoms with E-state index in [2.05, 4.69) is 10.6 Å². The third-order valence-corrected chi connectivity index (χ3v) is 8.43. The molecule has 2 aliphatic heterocycles. The molecule has 2 atom stereocenters. The first-order chi connectivity index (χ1) is 19.1. The van der Waals surface area contributed by atoms with Crippen LogP contribution in [0.15, 0.2) is 24.3 Å². The second-order valence-corrected chi connectivity index (χ2v) is 12.5. The highest BCUT2D eigenvalue weighted by Crippen LogP contribution is 2.42. The molecule has 5 rings (SSSR count). The van der Waals surface area contributed by atoms with Gasteiger partial charge in [0.1, 0.15) is 17.8 Å². The minimum Gasteiger partial charge on any atom is -0.483 e. The number of amides is 4. The minimum absolute atomic E-state index is 0.0212. The molecule has 40 heavy (non-hydrogen) atoms. The van der Waals surface area contributed by atoms with Crippen LogP contribution in [0.5, 0.6) is 5.75 Å². The smallest absolute Gasteiger partial charge is 0.258 e. The van der Waals surface area contributed by atoms with E-state index in [9.17, 15) is 19.2 Å². The molecule has 1 aromatic carbocycles. The lowest BCUT2D eigenvalue weighted by atomic mass is 10.0. The van der Waals surface area contributed by atoms with Crippen molar-refractivity contribution >= 4 is 23.6 Å². The summed E-state index contributed by atoms with van der Waals surface area (Å²) < 4.78 is 11.6. The standard InChI is InChI=1S/C30H42N4O6/c1-20(2)17-22(27(37)34-14-6-8-23(34)28(38)33-15-16-40-30(19-33)12-13-30)31-26(36)21-7-4-5-9-24(21)39-18-25(35)32-29(3)10-11-29/h4-5,7,9,20,22-23H,6,8,10-19H2,1-3H3,(H,31,36)(H,32,35). The van der Waals surface area contributed by atoms with Crippen LogP contribution in [0.4, 0.5) is 0 Å². The molecular formula is C30H42N4O6. The highest BCUT2D eigenvalue weighted by Gasteiger charge is 2.50. The molecule has 2 heterocycles. The first-order valence-electron chi connectivity index (χ1n) is 14.7. The fraction of sp³-hybridized carbons (Fsp3) is 0.667. The lowest BCUT2D eigenvalue weighted by Crippen LogP contribution is -2.56. The molecule has 218 valence electrons. The summed E-state index contributed by atoms with van der Waals surface area (Å²) in [5, 5.41) is 5.87. The average Bonchev–Trinajstić information content (AvgIpc) is 3.79. The summed E-state index contributed by atoms with van der Waals surface area (Å²) in [5.74, 6) is -0.521. The van der Waals surface area contributed by atoms with Gasteiger partial charge in [-0.15, -0.1) is 0 Å². The quantitative estimate of drug-likeness (QED) is 0.458. The number of hydrogen-bond donors (Lipinski definition) is 2. The molecule has 10 nitrogen and oxygen atoms in total. The van der Waals surface area contributed by atoms with Gasteiger partial charge in [0.05, 0.1) is 17.8 Å². The third-order valence-electron chi connectivity index (χ3n) is 8.43. The van der Waals surface area contributed by atoms with Crippen molar-refractivity contribution in [3.8, 4) is 5.75 Å². The van der Waals surface area contributed by atoms with Crippen molar-refractivity contribution in [1.82, 2.24) is 20.4 Å². The van der Waals surface area contributed by atoms with Crippen molar-refractivity contribution in [1.29, 1.82) is 0 Å². The summed E-state index contributed by atoms with van der Waals surface area (Å²) in [6.45, 7) is 7.93. The Labute approximate surface area is 236 Å². The molecule has 2 saturated heterocycles. The largest absolute Gasteiger partial charge is 0.483 e. The van der Waals surface area contributed by atoms with Crippen LogP contribution in [0, 0.1) is 5.92 Å². The Morgan fingerprint density at radius 1 is 1.10 bits per heavy atom. The zero-order valence-corrected chi connectivity index (χ0v) is 23.9. The Morgan fingerprint density at radius 3 is 2.55 bits per heavy atom. The SMILES string of the molecule is CC(C)CC(NC(=O)c1ccccc1OCC(=O)NC1(C)CC1)C(=O)N1CCCC1C(=O)N1CCOC2(CC2)C1. The second-order valence-electron chi connectivity index (χ2n) is 12.5. The summed E-state index contributed by atoms with van der Waals surface area (Å²) in [6.07, 6.45) is 5.64. The van der Waals surface area contributed by atoms with E-state index in [0.717, 1.165) is 32.1 Å². The molecule has 4 amide bonds. The first-order valence-corrected chi connectivity index (χ1v) is 14.7. The molecule has 10 heteroatoms. The number of carbonyl (C=O) groups is 4. The van der Waals surface area contributed by atoms with Crippen molar-refractivity contribution in [3.05, 3.63) is 29.8 Å². The van der Waals surface area contributed by atoms with E-state index in [1.54, 1.807) is 29.2 Å². The number of likely N-dealkylation sites (tertiary alicyclic amines) is 1. The number of para-hydroxylation sites is 1. The van der Waals surface area contributed by atoms with Gasteiger partial charge in [-0.2, -0.15) is 0 Å². The Hall–Kier alpha value is -3.14. The van der Waals surface area contributed by atoms with E-state index in [1.807, 2.05) is 25.7 Å². The summed E-state index contributed by atoms with van der Waals surface area (Å²) >= 11 is 0. The highest BCUT2D eigenvalue weighted by molar-refractivity contribution is 6.00. The van der Waals surface area contributed by atoms with Gasteiger partial charge in [-0.3, -0.25) is 19.2 Å². The molecule has 4 aliphatic rings. The van der Waals surface area contributed by atoms with Gasteiger partial charge in [-0.25, -0.2) is 0 Å². The number of nitrogens with zero attached hydrogens (tertiary/aromatic N) is 2. The van der Waals surface area contributed by atoms with Crippen LogP contribution in [-0.2, 0) is 19.1 Å². The highest BCUT2D eigenvalue weighted by atomic mass is 16.5. The third kappa shape index (κ3) is 6.59. The molecule has 0 radical (unpaired) electrons. The summed E-state index contributed by atoms with van der Waals surface area (Å²) in [4.78, 5) is 56.6. The Bertz CT molecular complexity index is 1140. The number of morpholine rings is 1. The molecule has 1 aromatic rings. The molecule has 0 bridgehead atoms. The Morgan fingerprint density at radius 2 is 1.85 bits per heavy atom. The lowest BCUT2D eigenvalue weighted by molar-refractivity contribution is -0.150. The van der Waals surface area contributed by atoms with Crippen molar-refractivity contribution in [2.45, 2.75) is 88.9 Å². The van der Waals surface area contributed by atoms with Crippen LogP contribution in [0.1, 0.15) is 76.1 Å². The fourth-order valence-corrected chi connectivity index (χ4v) is 5.71. The monoisotopic (exact) mass is 554 g/mol. The molecule has 0 aromatic heterocycles. The van der Waals surface area contributed by atoms with Gasteiger partial charge in [0.25, 0.3) is 11.8 Å². The zero-order valence-electron chi connectivity index (χ0n) is 23.9. The number of benzene rings is 1. The van der Waals surface area contributed by atoms with Crippen molar-refractivity contribution in [3.63, 3.8) is 0 Å². The Balaban J connectivity index is 1.25. The van der Waals surface area contributed by atoms with E-state index in [4.69, 9.17) is 9.47 Å². The molecular weight excluding hydrogens is 512 g/mol. The predicted octanol–water partition coefficient (Wildman–Crippen LogP) is 2.26. The van der Waals surface area contributed by atoms with Gasteiger partial charge in [-0.05, 0) is 69.9 Å². The lowest BCUT2D eigenvalue weighted by Gasteiger charge is -2.37. The van der Waals surface area contributed by atoms with Gasteiger partial charge in [0, 0.05) is 25.2 Å². The van der Waals surface area contributed by atoms with Crippen LogP contribution < -0.4 is 15.4 Å². The van der Waals surface area contributed by atoms with Crippen LogP contribution in [0.25, 0.3) is 0 Å². The van der Waals surface area contributed by atoms with Crippen molar-refractivity contribution in [2.24, 2.45) is 5.92 Å². The van der Waals surface area contributed by atoms with Gasteiger partial charge < -0.3 is 29.9 Å². The number of hydrogen-bond acceptors (Lipinski definition) is 6. The molecule has 2 aliphatic carbocycles.